The first kappa shape index (κ1) is 11.0. The molecule has 0 radical (unpaired) electrons. The summed E-state index contributed by atoms with van der Waals surface area (Å²) in [6.07, 6.45) is 0. The van der Waals surface area contributed by atoms with Crippen LogP contribution in [0.3, 0.4) is 0 Å². The molecule has 0 amide bonds. The number of aromatic hydroxyl groups is 1. The summed E-state index contributed by atoms with van der Waals surface area (Å²) in [7, 11) is 0. The van der Waals surface area contributed by atoms with Gasteiger partial charge in [-0.25, -0.2) is 4.98 Å². The van der Waals surface area contributed by atoms with Gasteiger partial charge >= 0.3 is 0 Å². The average Bonchev–Trinajstić information content (AvgIpc) is 2.77. The van der Waals surface area contributed by atoms with Crippen molar-refractivity contribution in [1.82, 2.24) is 4.98 Å². The maximum atomic E-state index is 9.62. The van der Waals surface area contributed by atoms with E-state index in [0.717, 1.165) is 15.8 Å². The lowest BCUT2D eigenvalue weighted by atomic mass is 10.2. The highest BCUT2D eigenvalue weighted by Gasteiger charge is 2.08. The minimum Gasteiger partial charge on any atom is -0.508 e. The van der Waals surface area contributed by atoms with E-state index in [1.807, 2.05) is 37.3 Å². The van der Waals surface area contributed by atoms with Crippen LogP contribution in [0.4, 0.5) is 0 Å². The molecule has 0 unspecified atom stereocenters. The molecule has 3 rings (SSSR count). The Morgan fingerprint density at radius 2 is 1.94 bits per heavy atom. The van der Waals surface area contributed by atoms with E-state index in [1.54, 1.807) is 12.1 Å². The molecule has 2 aromatic carbocycles. The number of phenols is 1. The Hall–Kier alpha value is -2.07. The molecule has 18 heavy (non-hydrogen) atoms. The van der Waals surface area contributed by atoms with Gasteiger partial charge in [0.25, 0.3) is 5.19 Å². The number of ether oxygens (including phenoxy) is 1. The molecule has 0 bridgehead atoms. The van der Waals surface area contributed by atoms with Gasteiger partial charge in [0.1, 0.15) is 11.5 Å². The zero-order chi connectivity index (χ0) is 12.5. The Morgan fingerprint density at radius 1 is 1.11 bits per heavy atom. The fourth-order valence-corrected chi connectivity index (χ4v) is 2.53. The van der Waals surface area contributed by atoms with Crippen molar-refractivity contribution in [2.24, 2.45) is 0 Å². The number of aromatic nitrogens is 1. The van der Waals surface area contributed by atoms with Crippen LogP contribution < -0.4 is 4.74 Å². The number of nitrogens with zero attached hydrogens (tertiary/aromatic N) is 1. The number of hydrogen-bond donors (Lipinski definition) is 1. The first-order valence-corrected chi connectivity index (χ1v) is 6.38. The lowest BCUT2D eigenvalue weighted by Crippen LogP contribution is -1.86. The molecule has 90 valence electrons. The second-order valence-corrected chi connectivity index (χ2v) is 4.94. The first-order chi connectivity index (χ1) is 8.74. The van der Waals surface area contributed by atoms with E-state index in [-0.39, 0.29) is 5.75 Å². The number of fused-ring (bicyclic) bond motifs is 1. The number of benzene rings is 2. The average molecular weight is 257 g/mol. The van der Waals surface area contributed by atoms with Gasteiger partial charge in [0, 0.05) is 5.56 Å². The number of hydrogen-bond acceptors (Lipinski definition) is 4. The zero-order valence-corrected chi connectivity index (χ0v) is 10.6. The summed E-state index contributed by atoms with van der Waals surface area (Å²) in [5.41, 5.74) is 1.65. The van der Waals surface area contributed by atoms with E-state index in [9.17, 15) is 5.11 Å². The van der Waals surface area contributed by atoms with Gasteiger partial charge in [-0.3, -0.25) is 0 Å². The van der Waals surface area contributed by atoms with Crippen LogP contribution in [-0.2, 0) is 0 Å². The predicted molar refractivity (Wildman–Crippen MR) is 72.5 cm³/mol. The SMILES string of the molecule is Cc1c(O)cccc1Oc1nc2ccccc2s1. The lowest BCUT2D eigenvalue weighted by molar-refractivity contribution is 0.447. The van der Waals surface area contributed by atoms with Crippen molar-refractivity contribution in [3.63, 3.8) is 0 Å². The van der Waals surface area contributed by atoms with Crippen LogP contribution in [0.5, 0.6) is 16.7 Å². The highest BCUT2D eigenvalue weighted by Crippen LogP contribution is 2.34. The van der Waals surface area contributed by atoms with Gasteiger partial charge in [-0.05, 0) is 31.2 Å². The van der Waals surface area contributed by atoms with Crippen LogP contribution in [0.25, 0.3) is 10.2 Å². The normalized spacial score (nSPS) is 10.7. The van der Waals surface area contributed by atoms with Crippen molar-refractivity contribution >= 4 is 21.6 Å². The summed E-state index contributed by atoms with van der Waals surface area (Å²) in [4.78, 5) is 4.39. The van der Waals surface area contributed by atoms with Crippen molar-refractivity contribution < 1.29 is 9.84 Å². The number of phenolic OH excluding ortho intramolecular Hbond substituents is 1. The molecule has 0 aliphatic rings. The minimum atomic E-state index is 0.230. The largest absolute Gasteiger partial charge is 0.508 e. The standard InChI is InChI=1S/C14H11NO2S/c1-9-11(16)6-4-7-12(9)17-14-15-10-5-2-3-8-13(10)18-14/h2-8,16H,1H3. The van der Waals surface area contributed by atoms with Crippen molar-refractivity contribution in [3.05, 3.63) is 48.0 Å². The molecule has 3 nitrogen and oxygen atoms in total. The van der Waals surface area contributed by atoms with Crippen molar-refractivity contribution in [1.29, 1.82) is 0 Å². The van der Waals surface area contributed by atoms with Crippen molar-refractivity contribution in [2.45, 2.75) is 6.92 Å². The van der Waals surface area contributed by atoms with E-state index in [4.69, 9.17) is 4.74 Å². The van der Waals surface area contributed by atoms with Gasteiger partial charge in [0.2, 0.25) is 0 Å². The van der Waals surface area contributed by atoms with Crippen LogP contribution in [0.1, 0.15) is 5.56 Å². The van der Waals surface area contributed by atoms with Crippen molar-refractivity contribution in [3.8, 4) is 16.7 Å². The lowest BCUT2D eigenvalue weighted by Gasteiger charge is -2.06. The number of thiazole rings is 1. The quantitative estimate of drug-likeness (QED) is 0.751. The van der Waals surface area contributed by atoms with Crippen LogP contribution in [-0.4, -0.2) is 10.1 Å². The summed E-state index contributed by atoms with van der Waals surface area (Å²) in [6, 6.07) is 13.1. The molecule has 0 atom stereocenters. The Bertz CT molecular complexity index is 673. The summed E-state index contributed by atoms with van der Waals surface area (Å²) < 4.78 is 6.81. The third-order valence-corrected chi connectivity index (χ3v) is 3.64. The molecule has 1 N–H and O–H groups in total. The van der Waals surface area contributed by atoms with Crippen LogP contribution in [0, 0.1) is 6.92 Å². The first-order valence-electron chi connectivity index (χ1n) is 5.56. The summed E-state index contributed by atoms with van der Waals surface area (Å²) in [5.74, 6) is 0.864. The Balaban J connectivity index is 1.99. The van der Waals surface area contributed by atoms with Crippen LogP contribution in [0.15, 0.2) is 42.5 Å². The van der Waals surface area contributed by atoms with Gasteiger partial charge in [-0.2, -0.15) is 0 Å². The Morgan fingerprint density at radius 3 is 2.78 bits per heavy atom. The van der Waals surface area contributed by atoms with E-state index in [0.29, 0.717) is 10.9 Å². The molecular formula is C14H11NO2S. The van der Waals surface area contributed by atoms with Gasteiger partial charge in [0.05, 0.1) is 10.2 Å². The molecule has 0 saturated heterocycles. The molecule has 1 heterocycles. The second kappa shape index (κ2) is 4.31. The van der Waals surface area contributed by atoms with Gasteiger partial charge < -0.3 is 9.84 Å². The van der Waals surface area contributed by atoms with E-state index in [1.165, 1.54) is 11.3 Å². The number of para-hydroxylation sites is 1. The molecular weight excluding hydrogens is 246 g/mol. The Kier molecular flexibility index (Phi) is 2.64. The van der Waals surface area contributed by atoms with Gasteiger partial charge in [-0.15, -0.1) is 0 Å². The second-order valence-electron chi connectivity index (χ2n) is 3.95. The third kappa shape index (κ3) is 1.91. The van der Waals surface area contributed by atoms with Gasteiger partial charge in [-0.1, -0.05) is 29.5 Å². The van der Waals surface area contributed by atoms with Gasteiger partial charge in [0.15, 0.2) is 0 Å². The predicted octanol–water partition coefficient (Wildman–Crippen LogP) is 4.10. The minimum absolute atomic E-state index is 0.230. The van der Waals surface area contributed by atoms with E-state index in [2.05, 4.69) is 4.98 Å². The fourth-order valence-electron chi connectivity index (χ4n) is 1.70. The van der Waals surface area contributed by atoms with E-state index < -0.39 is 0 Å². The van der Waals surface area contributed by atoms with E-state index >= 15 is 0 Å². The summed E-state index contributed by atoms with van der Waals surface area (Å²) in [6.45, 7) is 1.82. The number of rotatable bonds is 2. The summed E-state index contributed by atoms with van der Waals surface area (Å²) >= 11 is 1.49. The molecule has 0 aliphatic carbocycles. The molecule has 0 saturated carbocycles. The molecule has 3 aromatic rings. The molecule has 0 spiro atoms. The van der Waals surface area contributed by atoms with Crippen LogP contribution in [0.2, 0.25) is 0 Å². The molecule has 0 fully saturated rings. The monoisotopic (exact) mass is 257 g/mol. The third-order valence-electron chi connectivity index (χ3n) is 2.73. The topological polar surface area (TPSA) is 42.4 Å². The smallest absolute Gasteiger partial charge is 0.279 e. The maximum Gasteiger partial charge on any atom is 0.279 e. The molecule has 0 aliphatic heterocycles. The highest BCUT2D eigenvalue weighted by atomic mass is 32.1. The zero-order valence-electron chi connectivity index (χ0n) is 9.75. The maximum absolute atomic E-state index is 9.62. The van der Waals surface area contributed by atoms with Crippen LogP contribution >= 0.6 is 11.3 Å². The molecule has 1 aromatic heterocycles. The summed E-state index contributed by atoms with van der Waals surface area (Å²) in [5, 5.41) is 10.2. The Labute approximate surface area is 108 Å². The fraction of sp³-hybridized carbons (Fsp3) is 0.0714. The van der Waals surface area contributed by atoms with Crippen molar-refractivity contribution in [2.75, 3.05) is 0 Å². The highest BCUT2D eigenvalue weighted by molar-refractivity contribution is 7.20. The molecule has 4 heteroatoms.